The van der Waals surface area contributed by atoms with Crippen LogP contribution in [0, 0.1) is 6.92 Å². The smallest absolute Gasteiger partial charge is 0.136 e. The molecule has 0 atom stereocenters. The molecule has 2 heterocycles. The highest BCUT2D eigenvalue weighted by molar-refractivity contribution is 5.75. The Morgan fingerprint density at radius 2 is 1.85 bits per heavy atom. The molecule has 1 saturated heterocycles. The van der Waals surface area contributed by atoms with E-state index in [1.54, 1.807) is 0 Å². The first-order chi connectivity index (χ1) is 13.1. The van der Waals surface area contributed by atoms with Gasteiger partial charge in [0.1, 0.15) is 17.5 Å². The number of anilines is 4. The summed E-state index contributed by atoms with van der Waals surface area (Å²) in [7, 11) is 4.17. The van der Waals surface area contributed by atoms with E-state index < -0.39 is 0 Å². The summed E-state index contributed by atoms with van der Waals surface area (Å²) in [4.78, 5) is 13.6. The van der Waals surface area contributed by atoms with Crippen molar-refractivity contribution < 1.29 is 4.74 Å². The van der Waals surface area contributed by atoms with Crippen molar-refractivity contribution in [2.45, 2.75) is 13.3 Å². The van der Waals surface area contributed by atoms with Crippen LogP contribution in [-0.2, 0) is 4.74 Å². The Morgan fingerprint density at radius 3 is 2.63 bits per heavy atom. The fourth-order valence-corrected chi connectivity index (χ4v) is 3.13. The lowest BCUT2D eigenvalue weighted by molar-refractivity contribution is 0.123. The molecule has 0 spiro atoms. The Balaban J connectivity index is 1.70. The summed E-state index contributed by atoms with van der Waals surface area (Å²) in [5.74, 6) is 2.41. The molecule has 7 nitrogen and oxygen atoms in total. The molecule has 1 aromatic heterocycles. The summed E-state index contributed by atoms with van der Waals surface area (Å²) in [5.41, 5.74) is 2.23. The molecule has 0 bridgehead atoms. The minimum absolute atomic E-state index is 0.749. The van der Waals surface area contributed by atoms with Gasteiger partial charge in [-0.1, -0.05) is 12.1 Å². The summed E-state index contributed by atoms with van der Waals surface area (Å²) in [6, 6.07) is 10.3. The van der Waals surface area contributed by atoms with Gasteiger partial charge in [-0.2, -0.15) is 0 Å². The average molecular weight is 371 g/mol. The standard InChI is InChI=1S/C20H30N6O/c1-16-22-19(21-9-6-10-25(2)3)15-20(23-16)24-17-7-4-5-8-18(17)26-11-13-27-14-12-26/h4-5,7-8,15H,6,9-14H2,1-3H3,(H2,21,22,23,24). The summed E-state index contributed by atoms with van der Waals surface area (Å²) in [6.07, 6.45) is 1.07. The Hall–Kier alpha value is -2.38. The minimum atomic E-state index is 0.749. The number of nitrogens with zero attached hydrogens (tertiary/aromatic N) is 4. The number of aryl methyl sites for hydroxylation is 1. The van der Waals surface area contributed by atoms with E-state index in [1.165, 1.54) is 5.69 Å². The van der Waals surface area contributed by atoms with Crippen LogP contribution in [0.5, 0.6) is 0 Å². The maximum atomic E-state index is 5.48. The van der Waals surface area contributed by atoms with Crippen LogP contribution in [0.1, 0.15) is 12.2 Å². The third kappa shape index (κ3) is 5.80. The molecular formula is C20H30N6O. The molecule has 0 aliphatic carbocycles. The summed E-state index contributed by atoms with van der Waals surface area (Å²) in [6.45, 7) is 7.20. The molecule has 0 unspecified atom stereocenters. The van der Waals surface area contributed by atoms with Gasteiger partial charge in [-0.05, 0) is 46.1 Å². The predicted molar refractivity (Wildman–Crippen MR) is 111 cm³/mol. The van der Waals surface area contributed by atoms with E-state index in [2.05, 4.69) is 62.7 Å². The van der Waals surface area contributed by atoms with Crippen molar-refractivity contribution in [1.29, 1.82) is 0 Å². The maximum absolute atomic E-state index is 5.48. The number of hydrogen-bond acceptors (Lipinski definition) is 7. The van der Waals surface area contributed by atoms with Crippen LogP contribution in [0.4, 0.5) is 23.0 Å². The fraction of sp³-hybridized carbons (Fsp3) is 0.500. The number of nitrogens with one attached hydrogen (secondary N) is 2. The number of morpholine rings is 1. The number of ether oxygens (including phenoxy) is 1. The molecule has 2 aromatic rings. The van der Waals surface area contributed by atoms with E-state index in [-0.39, 0.29) is 0 Å². The Labute approximate surface area is 161 Å². The zero-order chi connectivity index (χ0) is 19.1. The molecule has 0 radical (unpaired) electrons. The van der Waals surface area contributed by atoms with Gasteiger partial charge in [0.2, 0.25) is 0 Å². The van der Waals surface area contributed by atoms with Crippen molar-refractivity contribution in [1.82, 2.24) is 14.9 Å². The van der Waals surface area contributed by atoms with E-state index in [1.807, 2.05) is 19.1 Å². The normalized spacial score (nSPS) is 14.4. The third-order valence-electron chi connectivity index (χ3n) is 4.44. The van der Waals surface area contributed by atoms with Gasteiger partial charge in [-0.15, -0.1) is 0 Å². The van der Waals surface area contributed by atoms with Crippen LogP contribution in [0.15, 0.2) is 30.3 Å². The molecule has 1 fully saturated rings. The molecule has 2 N–H and O–H groups in total. The fourth-order valence-electron chi connectivity index (χ4n) is 3.13. The van der Waals surface area contributed by atoms with E-state index in [9.17, 15) is 0 Å². The molecule has 27 heavy (non-hydrogen) atoms. The van der Waals surface area contributed by atoms with Crippen LogP contribution in [-0.4, -0.2) is 68.4 Å². The number of para-hydroxylation sites is 2. The lowest BCUT2D eigenvalue weighted by Gasteiger charge is -2.30. The minimum Gasteiger partial charge on any atom is -0.378 e. The Bertz CT molecular complexity index is 730. The highest BCUT2D eigenvalue weighted by Gasteiger charge is 2.15. The molecule has 0 saturated carbocycles. The second-order valence-electron chi connectivity index (χ2n) is 7.01. The van der Waals surface area contributed by atoms with Crippen molar-refractivity contribution in [2.24, 2.45) is 0 Å². The van der Waals surface area contributed by atoms with E-state index >= 15 is 0 Å². The lowest BCUT2D eigenvalue weighted by atomic mass is 10.2. The van der Waals surface area contributed by atoms with Gasteiger partial charge in [0.15, 0.2) is 0 Å². The summed E-state index contributed by atoms with van der Waals surface area (Å²) in [5, 5.41) is 6.88. The van der Waals surface area contributed by atoms with Crippen LogP contribution in [0.3, 0.4) is 0 Å². The molecule has 146 valence electrons. The van der Waals surface area contributed by atoms with Crippen molar-refractivity contribution in [2.75, 3.05) is 69.0 Å². The van der Waals surface area contributed by atoms with Gasteiger partial charge >= 0.3 is 0 Å². The second kappa shape index (κ2) is 9.53. The first-order valence-electron chi connectivity index (χ1n) is 9.55. The first kappa shape index (κ1) is 19.4. The molecule has 1 aliphatic heterocycles. The van der Waals surface area contributed by atoms with E-state index in [0.29, 0.717) is 0 Å². The molecule has 0 amide bonds. The van der Waals surface area contributed by atoms with Gasteiger partial charge in [-0.25, -0.2) is 9.97 Å². The van der Waals surface area contributed by atoms with E-state index in [4.69, 9.17) is 4.74 Å². The van der Waals surface area contributed by atoms with E-state index in [0.717, 1.165) is 69.0 Å². The Morgan fingerprint density at radius 1 is 1.11 bits per heavy atom. The highest BCUT2D eigenvalue weighted by Crippen LogP contribution is 2.29. The number of hydrogen-bond donors (Lipinski definition) is 2. The lowest BCUT2D eigenvalue weighted by Crippen LogP contribution is -2.36. The molecule has 1 aromatic carbocycles. The van der Waals surface area contributed by atoms with Gasteiger partial charge in [0.25, 0.3) is 0 Å². The van der Waals surface area contributed by atoms with Crippen LogP contribution >= 0.6 is 0 Å². The van der Waals surface area contributed by atoms with Crippen molar-refractivity contribution in [3.63, 3.8) is 0 Å². The maximum Gasteiger partial charge on any atom is 0.136 e. The molecular weight excluding hydrogens is 340 g/mol. The first-order valence-corrected chi connectivity index (χ1v) is 9.55. The summed E-state index contributed by atoms with van der Waals surface area (Å²) >= 11 is 0. The highest BCUT2D eigenvalue weighted by atomic mass is 16.5. The molecule has 7 heteroatoms. The second-order valence-corrected chi connectivity index (χ2v) is 7.01. The Kier molecular flexibility index (Phi) is 6.84. The number of benzene rings is 1. The zero-order valence-electron chi connectivity index (χ0n) is 16.5. The van der Waals surface area contributed by atoms with Crippen LogP contribution in [0.25, 0.3) is 0 Å². The van der Waals surface area contributed by atoms with Gasteiger partial charge in [-0.3, -0.25) is 0 Å². The average Bonchev–Trinajstić information content (AvgIpc) is 2.66. The van der Waals surface area contributed by atoms with Crippen LogP contribution in [0.2, 0.25) is 0 Å². The SMILES string of the molecule is Cc1nc(NCCCN(C)C)cc(Nc2ccccc2N2CCOCC2)n1. The zero-order valence-corrected chi connectivity index (χ0v) is 16.5. The topological polar surface area (TPSA) is 65.6 Å². The molecule has 1 aliphatic rings. The summed E-state index contributed by atoms with van der Waals surface area (Å²) < 4.78 is 5.48. The third-order valence-corrected chi connectivity index (χ3v) is 4.44. The number of rotatable bonds is 8. The van der Waals surface area contributed by atoms with Gasteiger partial charge in [0.05, 0.1) is 24.6 Å². The monoisotopic (exact) mass is 370 g/mol. The van der Waals surface area contributed by atoms with Gasteiger partial charge < -0.3 is 25.2 Å². The van der Waals surface area contributed by atoms with Crippen LogP contribution < -0.4 is 15.5 Å². The van der Waals surface area contributed by atoms with Crippen molar-refractivity contribution in [3.8, 4) is 0 Å². The predicted octanol–water partition coefficient (Wildman–Crippen LogP) is 2.73. The quantitative estimate of drug-likeness (QED) is 0.693. The molecule has 3 rings (SSSR count). The van der Waals surface area contributed by atoms with Crippen molar-refractivity contribution >= 4 is 23.0 Å². The van der Waals surface area contributed by atoms with Gasteiger partial charge in [0, 0.05) is 25.7 Å². The largest absolute Gasteiger partial charge is 0.378 e. The number of aromatic nitrogens is 2. The van der Waals surface area contributed by atoms with Crippen molar-refractivity contribution in [3.05, 3.63) is 36.2 Å².